The summed E-state index contributed by atoms with van der Waals surface area (Å²) in [4.78, 5) is 25.1. The van der Waals surface area contributed by atoms with Crippen molar-refractivity contribution in [3.63, 3.8) is 0 Å². The molecule has 0 bridgehead atoms. The predicted molar refractivity (Wildman–Crippen MR) is 116 cm³/mol. The monoisotopic (exact) mass is 435 g/mol. The lowest BCUT2D eigenvalue weighted by molar-refractivity contribution is -0.119. The van der Waals surface area contributed by atoms with Crippen LogP contribution in [0.1, 0.15) is 24.5 Å². The number of halogens is 1. The van der Waals surface area contributed by atoms with E-state index in [0.29, 0.717) is 23.6 Å². The summed E-state index contributed by atoms with van der Waals surface area (Å²) in [5, 5.41) is 6.93. The topological polar surface area (TPSA) is 84.7 Å². The van der Waals surface area contributed by atoms with Crippen molar-refractivity contribution in [2.24, 2.45) is 0 Å². The van der Waals surface area contributed by atoms with E-state index in [9.17, 15) is 14.0 Å². The minimum absolute atomic E-state index is 0.162. The van der Waals surface area contributed by atoms with Crippen LogP contribution in [-0.2, 0) is 22.4 Å². The van der Waals surface area contributed by atoms with Gasteiger partial charge in [-0.25, -0.2) is 9.18 Å². The molecule has 1 fully saturated rings. The number of hydrogen-bond donors (Lipinski definition) is 1. The van der Waals surface area contributed by atoms with Crippen LogP contribution in [0, 0.1) is 5.82 Å². The van der Waals surface area contributed by atoms with Crippen molar-refractivity contribution in [3.05, 3.63) is 59.4 Å². The van der Waals surface area contributed by atoms with Gasteiger partial charge in [-0.2, -0.15) is 0 Å². The number of hydrogen-bond acceptors (Lipinski definition) is 5. The average molecular weight is 435 g/mol. The first-order valence-electron chi connectivity index (χ1n) is 10.6. The maximum absolute atomic E-state index is 13.7. The zero-order chi connectivity index (χ0) is 22.2. The number of nitrogens with one attached hydrogen (secondary N) is 1. The highest BCUT2D eigenvalue weighted by Crippen LogP contribution is 2.39. The molecule has 1 aromatic heterocycles. The van der Waals surface area contributed by atoms with Gasteiger partial charge in [0, 0.05) is 29.3 Å². The van der Waals surface area contributed by atoms with E-state index in [1.54, 1.807) is 11.0 Å². The van der Waals surface area contributed by atoms with Gasteiger partial charge in [0.1, 0.15) is 17.6 Å². The molecule has 3 aromatic rings. The maximum atomic E-state index is 13.7. The van der Waals surface area contributed by atoms with Gasteiger partial charge < -0.3 is 14.6 Å². The van der Waals surface area contributed by atoms with E-state index in [1.807, 2.05) is 24.3 Å². The quantitative estimate of drug-likeness (QED) is 0.667. The Morgan fingerprint density at radius 3 is 2.94 bits per heavy atom. The van der Waals surface area contributed by atoms with Gasteiger partial charge in [0.25, 0.3) is 0 Å². The summed E-state index contributed by atoms with van der Waals surface area (Å²) in [7, 11) is 0. The van der Waals surface area contributed by atoms with Crippen molar-refractivity contribution in [1.29, 1.82) is 0 Å². The average Bonchev–Trinajstić information content (AvgIpc) is 3.31. The third-order valence-electron chi connectivity index (χ3n) is 5.86. The highest BCUT2D eigenvalue weighted by Gasteiger charge is 2.33. The lowest BCUT2D eigenvalue weighted by Gasteiger charge is -2.15. The molecule has 0 spiro atoms. The molecule has 1 aliphatic heterocycles. The van der Waals surface area contributed by atoms with Gasteiger partial charge in [-0.1, -0.05) is 17.3 Å². The molecule has 7 nitrogen and oxygen atoms in total. The minimum Gasteiger partial charge on any atom is -0.442 e. The van der Waals surface area contributed by atoms with E-state index in [1.165, 1.54) is 19.1 Å². The van der Waals surface area contributed by atoms with Crippen molar-refractivity contribution < 1.29 is 23.2 Å². The van der Waals surface area contributed by atoms with E-state index in [-0.39, 0.29) is 24.4 Å². The summed E-state index contributed by atoms with van der Waals surface area (Å²) in [6, 6.07) is 12.1. The molecule has 0 saturated carbocycles. The smallest absolute Gasteiger partial charge is 0.414 e. The highest BCUT2D eigenvalue weighted by molar-refractivity contribution is 5.90. The normalized spacial score (nSPS) is 17.4. The zero-order valence-electron chi connectivity index (χ0n) is 17.6. The summed E-state index contributed by atoms with van der Waals surface area (Å²) in [5.74, 6) is 0.216. The number of nitrogens with zero attached hydrogens (tertiary/aromatic N) is 2. The SMILES string of the molecule is CC(=O)NC[C@H]1CN(c2ccc3c(c2)CCCc2c(-c4cccc(F)c4)noc2-3)C(=O)O1. The number of rotatable bonds is 4. The molecule has 1 atom stereocenters. The number of fused-ring (bicyclic) bond motifs is 3. The van der Waals surface area contributed by atoms with E-state index < -0.39 is 6.09 Å². The van der Waals surface area contributed by atoms with Crippen LogP contribution in [0.5, 0.6) is 0 Å². The summed E-state index contributed by atoms with van der Waals surface area (Å²) in [6.07, 6.45) is 1.64. The van der Waals surface area contributed by atoms with Crippen LogP contribution in [0.3, 0.4) is 0 Å². The van der Waals surface area contributed by atoms with Crippen LogP contribution in [0.4, 0.5) is 14.9 Å². The Kier molecular flexibility index (Phi) is 5.13. The summed E-state index contributed by atoms with van der Waals surface area (Å²) in [5.41, 5.74) is 5.06. The number of benzene rings is 2. The summed E-state index contributed by atoms with van der Waals surface area (Å²) < 4.78 is 24.8. The van der Waals surface area contributed by atoms with E-state index in [0.717, 1.165) is 41.6 Å². The van der Waals surface area contributed by atoms with Crippen LogP contribution in [-0.4, -0.2) is 36.4 Å². The molecule has 32 heavy (non-hydrogen) atoms. The molecule has 5 rings (SSSR count). The molecule has 2 heterocycles. The number of amides is 2. The number of carbonyl (C=O) groups is 2. The largest absolute Gasteiger partial charge is 0.442 e. The Morgan fingerprint density at radius 2 is 2.12 bits per heavy atom. The number of carbonyl (C=O) groups excluding carboxylic acids is 2. The molecule has 1 saturated heterocycles. The second-order valence-electron chi connectivity index (χ2n) is 8.10. The van der Waals surface area contributed by atoms with Crippen LogP contribution >= 0.6 is 0 Å². The summed E-state index contributed by atoms with van der Waals surface area (Å²) >= 11 is 0. The fourth-order valence-electron chi connectivity index (χ4n) is 4.34. The van der Waals surface area contributed by atoms with E-state index in [2.05, 4.69) is 10.5 Å². The third kappa shape index (κ3) is 3.72. The number of aromatic nitrogens is 1. The second-order valence-corrected chi connectivity index (χ2v) is 8.10. The highest BCUT2D eigenvalue weighted by atomic mass is 19.1. The third-order valence-corrected chi connectivity index (χ3v) is 5.86. The van der Waals surface area contributed by atoms with E-state index in [4.69, 9.17) is 9.26 Å². The molecule has 164 valence electrons. The minimum atomic E-state index is -0.428. The van der Waals surface area contributed by atoms with Crippen LogP contribution in [0.25, 0.3) is 22.6 Å². The first-order chi connectivity index (χ1) is 15.5. The summed E-state index contributed by atoms with van der Waals surface area (Å²) in [6.45, 7) is 2.08. The molecular formula is C24H22FN3O4. The van der Waals surface area contributed by atoms with Gasteiger partial charge in [0.05, 0.1) is 13.1 Å². The Hall–Kier alpha value is -3.68. The predicted octanol–water partition coefficient (Wildman–Crippen LogP) is 4.10. The second kappa shape index (κ2) is 8.11. The van der Waals surface area contributed by atoms with Gasteiger partial charge in [-0.3, -0.25) is 9.69 Å². The molecule has 0 radical (unpaired) electrons. The van der Waals surface area contributed by atoms with Crippen molar-refractivity contribution in [1.82, 2.24) is 10.5 Å². The van der Waals surface area contributed by atoms with Crippen LogP contribution in [0.15, 0.2) is 47.0 Å². The molecule has 1 aliphatic carbocycles. The zero-order valence-corrected chi connectivity index (χ0v) is 17.6. The molecule has 2 aromatic carbocycles. The molecule has 8 heteroatoms. The van der Waals surface area contributed by atoms with Crippen molar-refractivity contribution in [2.75, 3.05) is 18.0 Å². The van der Waals surface area contributed by atoms with Crippen LogP contribution < -0.4 is 10.2 Å². The molecular weight excluding hydrogens is 413 g/mol. The van der Waals surface area contributed by atoms with Gasteiger partial charge >= 0.3 is 6.09 Å². The van der Waals surface area contributed by atoms with Crippen molar-refractivity contribution >= 4 is 17.7 Å². The van der Waals surface area contributed by atoms with Crippen molar-refractivity contribution in [2.45, 2.75) is 32.3 Å². The fourth-order valence-corrected chi connectivity index (χ4v) is 4.34. The molecule has 1 N–H and O–H groups in total. The molecule has 0 unspecified atom stereocenters. The Balaban J connectivity index is 1.44. The lowest BCUT2D eigenvalue weighted by Crippen LogP contribution is -2.33. The Bertz CT molecular complexity index is 1210. The first kappa shape index (κ1) is 20.2. The molecule has 2 amide bonds. The molecule has 2 aliphatic rings. The van der Waals surface area contributed by atoms with Crippen LogP contribution in [0.2, 0.25) is 0 Å². The maximum Gasteiger partial charge on any atom is 0.414 e. The Morgan fingerprint density at radius 1 is 1.25 bits per heavy atom. The van der Waals surface area contributed by atoms with Gasteiger partial charge in [0.2, 0.25) is 5.91 Å². The number of ether oxygens (including phenoxy) is 1. The van der Waals surface area contributed by atoms with Gasteiger partial charge in [-0.15, -0.1) is 0 Å². The lowest BCUT2D eigenvalue weighted by atomic mass is 10.00. The van der Waals surface area contributed by atoms with Gasteiger partial charge in [-0.05, 0) is 55.2 Å². The van der Waals surface area contributed by atoms with Gasteiger partial charge in [0.15, 0.2) is 5.76 Å². The number of cyclic esters (lactones) is 1. The first-order valence-corrected chi connectivity index (χ1v) is 10.6. The number of aryl methyl sites for hydroxylation is 1. The standard InChI is InChI=1S/C24H22FN3O4/c1-14(29)26-12-19-13-28(24(30)31-19)18-8-9-20-15(11-18)4-3-7-21-22(27-32-23(20)21)16-5-2-6-17(25)10-16/h2,5-6,8-11,19H,3-4,7,12-13H2,1H3,(H,26,29)/t19-/m0/s1. The van der Waals surface area contributed by atoms with Crippen molar-refractivity contribution in [3.8, 4) is 22.6 Å². The fraction of sp³-hybridized carbons (Fsp3) is 0.292. The Labute approximate surface area is 184 Å². The number of anilines is 1. The van der Waals surface area contributed by atoms with E-state index >= 15 is 0 Å².